The molecule has 172 valence electrons. The number of hydrogen-bond donors (Lipinski definition) is 2. The van der Waals surface area contributed by atoms with Gasteiger partial charge in [-0.2, -0.15) is 13.2 Å². The van der Waals surface area contributed by atoms with Gasteiger partial charge in [0.1, 0.15) is 0 Å². The highest BCUT2D eigenvalue weighted by Gasteiger charge is 2.30. The summed E-state index contributed by atoms with van der Waals surface area (Å²) in [7, 11) is 1.55. The van der Waals surface area contributed by atoms with Gasteiger partial charge in [-0.3, -0.25) is 4.98 Å². The molecule has 0 radical (unpaired) electrons. The molecule has 2 aromatic carbocycles. The summed E-state index contributed by atoms with van der Waals surface area (Å²) in [5.74, 6) is -0.265. The average molecular weight is 473 g/mol. The topological polar surface area (TPSA) is 73.1 Å². The molecular formula is C24H23F3N4OS. The van der Waals surface area contributed by atoms with Crippen LogP contribution < -0.4 is 11.1 Å². The minimum Gasteiger partial charge on any atom is -0.384 e. The Morgan fingerprint density at radius 2 is 1.85 bits per heavy atom. The van der Waals surface area contributed by atoms with Crippen molar-refractivity contribution < 1.29 is 17.9 Å². The molecule has 0 saturated heterocycles. The summed E-state index contributed by atoms with van der Waals surface area (Å²) >= 11 is 1.51. The van der Waals surface area contributed by atoms with Crippen molar-refractivity contribution in [1.82, 2.24) is 9.97 Å². The second-order valence-electron chi connectivity index (χ2n) is 7.69. The van der Waals surface area contributed by atoms with E-state index in [4.69, 9.17) is 10.5 Å². The number of halogens is 3. The number of pyridine rings is 1. The molecule has 0 unspecified atom stereocenters. The maximum Gasteiger partial charge on any atom is 0.416 e. The Labute approximate surface area is 193 Å². The number of fused-ring (bicyclic) bond motifs is 1. The number of rotatable bonds is 8. The number of thiazole rings is 1. The number of anilines is 1. The van der Waals surface area contributed by atoms with E-state index in [1.165, 1.54) is 23.5 Å². The molecule has 4 rings (SSSR count). The molecule has 0 aliphatic rings. The van der Waals surface area contributed by atoms with Crippen molar-refractivity contribution in [2.45, 2.75) is 18.1 Å². The van der Waals surface area contributed by atoms with Gasteiger partial charge in [-0.15, -0.1) is 0 Å². The monoisotopic (exact) mass is 472 g/mol. The van der Waals surface area contributed by atoms with Crippen molar-refractivity contribution in [2.24, 2.45) is 5.73 Å². The quantitative estimate of drug-likeness (QED) is 0.352. The number of aromatic nitrogens is 2. The van der Waals surface area contributed by atoms with Crippen LogP contribution in [0.1, 0.15) is 17.0 Å². The molecule has 0 saturated carbocycles. The molecule has 2 heterocycles. The molecule has 0 spiro atoms. The van der Waals surface area contributed by atoms with E-state index >= 15 is 0 Å². The molecule has 2 aromatic heterocycles. The molecule has 9 heteroatoms. The Bertz CT molecular complexity index is 1210. The van der Waals surface area contributed by atoms with Crippen LogP contribution in [0.3, 0.4) is 0 Å². The molecule has 2 atom stereocenters. The van der Waals surface area contributed by atoms with Gasteiger partial charge in [-0.1, -0.05) is 35.6 Å². The van der Waals surface area contributed by atoms with Crippen LogP contribution in [0.15, 0.2) is 67.1 Å². The summed E-state index contributed by atoms with van der Waals surface area (Å²) in [5.41, 5.74) is 7.47. The molecule has 5 nitrogen and oxygen atoms in total. The normalized spacial score (nSPS) is 13.7. The number of nitrogens with two attached hydrogens (primary N) is 1. The fourth-order valence-corrected chi connectivity index (χ4v) is 4.46. The van der Waals surface area contributed by atoms with Crippen LogP contribution in [0, 0.1) is 0 Å². The molecule has 0 bridgehead atoms. The molecule has 0 aliphatic carbocycles. The highest BCUT2D eigenvalue weighted by molar-refractivity contribution is 7.18. The first-order valence-corrected chi connectivity index (χ1v) is 11.1. The maximum atomic E-state index is 12.9. The predicted octanol–water partition coefficient (Wildman–Crippen LogP) is 5.55. The van der Waals surface area contributed by atoms with E-state index < -0.39 is 11.7 Å². The minimum absolute atomic E-state index is 0.265. The number of nitrogens with zero attached hydrogens (tertiary/aromatic N) is 2. The van der Waals surface area contributed by atoms with Crippen molar-refractivity contribution in [1.29, 1.82) is 0 Å². The Balaban J connectivity index is 1.43. The molecule has 33 heavy (non-hydrogen) atoms. The lowest BCUT2D eigenvalue weighted by molar-refractivity contribution is -0.137. The van der Waals surface area contributed by atoms with Crippen molar-refractivity contribution in [3.63, 3.8) is 0 Å². The fourth-order valence-electron chi connectivity index (χ4n) is 3.64. The third kappa shape index (κ3) is 5.50. The van der Waals surface area contributed by atoms with Gasteiger partial charge >= 0.3 is 6.18 Å². The summed E-state index contributed by atoms with van der Waals surface area (Å²) in [4.78, 5) is 9.59. The third-order valence-electron chi connectivity index (χ3n) is 5.45. The van der Waals surface area contributed by atoms with Gasteiger partial charge in [-0.25, -0.2) is 4.98 Å². The van der Waals surface area contributed by atoms with Gasteiger partial charge in [0, 0.05) is 49.6 Å². The van der Waals surface area contributed by atoms with Gasteiger partial charge in [-0.05, 0) is 40.8 Å². The Kier molecular flexibility index (Phi) is 6.92. The van der Waals surface area contributed by atoms with Gasteiger partial charge in [0.25, 0.3) is 0 Å². The van der Waals surface area contributed by atoms with Crippen LogP contribution in [0.4, 0.5) is 18.3 Å². The zero-order valence-corrected chi connectivity index (χ0v) is 18.7. The number of nitrogens with one attached hydrogen (secondary N) is 1. The second-order valence-corrected chi connectivity index (χ2v) is 8.72. The fraction of sp³-hybridized carbons (Fsp3) is 0.250. The first kappa shape index (κ1) is 23.2. The third-order valence-corrected chi connectivity index (χ3v) is 6.45. The standard InChI is InChI=1S/C24H23F3N4OS/c1-32-14-20(15-4-6-19(7-5-15)24(25,26)27)21(28)12-30-23-31-13-22(33-23)17-2-3-18-11-29-9-8-16(18)10-17/h2-11,13,20-21H,12,14,28H2,1H3,(H,30,31)/t20-,21+/m0/s1. The summed E-state index contributed by atoms with van der Waals surface area (Å²) in [5, 5.41) is 6.15. The Hall–Kier alpha value is -3.01. The zero-order chi connectivity index (χ0) is 23.4. The largest absolute Gasteiger partial charge is 0.416 e. The van der Waals surface area contributed by atoms with Crippen molar-refractivity contribution in [3.05, 3.63) is 78.2 Å². The van der Waals surface area contributed by atoms with Crippen LogP contribution in [-0.2, 0) is 10.9 Å². The van der Waals surface area contributed by atoms with E-state index in [2.05, 4.69) is 21.4 Å². The van der Waals surface area contributed by atoms with E-state index in [0.717, 1.165) is 38.5 Å². The van der Waals surface area contributed by atoms with E-state index in [0.29, 0.717) is 18.7 Å². The van der Waals surface area contributed by atoms with Gasteiger partial charge < -0.3 is 15.8 Å². The van der Waals surface area contributed by atoms with E-state index in [1.54, 1.807) is 13.3 Å². The SMILES string of the molecule is COC[C@@H](c1ccc(C(F)(F)F)cc1)[C@H](N)CNc1ncc(-c2ccc3cnccc3c2)s1. The predicted molar refractivity (Wildman–Crippen MR) is 125 cm³/mol. The second kappa shape index (κ2) is 9.86. The van der Waals surface area contributed by atoms with Crippen LogP contribution in [0.25, 0.3) is 21.2 Å². The molecule has 0 fully saturated rings. The van der Waals surface area contributed by atoms with Crippen LogP contribution in [-0.4, -0.2) is 36.3 Å². The zero-order valence-electron chi connectivity index (χ0n) is 17.8. The van der Waals surface area contributed by atoms with Crippen molar-refractivity contribution in [3.8, 4) is 10.4 Å². The van der Waals surface area contributed by atoms with Crippen LogP contribution in [0.2, 0.25) is 0 Å². The molecule has 0 amide bonds. The molecule has 3 N–H and O–H groups in total. The summed E-state index contributed by atoms with van der Waals surface area (Å²) < 4.78 is 43.9. The molecular weight excluding hydrogens is 449 g/mol. The van der Waals surface area contributed by atoms with Gasteiger partial charge in [0.15, 0.2) is 5.13 Å². The lowest BCUT2D eigenvalue weighted by Crippen LogP contribution is -2.37. The van der Waals surface area contributed by atoms with Crippen LogP contribution >= 0.6 is 11.3 Å². The molecule has 4 aromatic rings. The Morgan fingerprint density at radius 3 is 2.58 bits per heavy atom. The summed E-state index contributed by atoms with van der Waals surface area (Å²) in [6, 6.07) is 12.8. The first-order chi connectivity index (χ1) is 15.8. The molecule has 0 aliphatic heterocycles. The number of hydrogen-bond acceptors (Lipinski definition) is 6. The van der Waals surface area contributed by atoms with Crippen molar-refractivity contribution in [2.75, 3.05) is 25.6 Å². The number of ether oxygens (including phenoxy) is 1. The number of methoxy groups -OCH3 is 1. The number of alkyl halides is 3. The van der Waals surface area contributed by atoms with Crippen LogP contribution in [0.5, 0.6) is 0 Å². The van der Waals surface area contributed by atoms with E-state index in [9.17, 15) is 13.2 Å². The highest BCUT2D eigenvalue weighted by atomic mass is 32.1. The maximum absolute atomic E-state index is 12.9. The minimum atomic E-state index is -4.37. The van der Waals surface area contributed by atoms with Crippen molar-refractivity contribution >= 4 is 27.2 Å². The highest BCUT2D eigenvalue weighted by Crippen LogP contribution is 2.32. The smallest absolute Gasteiger partial charge is 0.384 e. The Morgan fingerprint density at radius 1 is 1.06 bits per heavy atom. The summed E-state index contributed by atoms with van der Waals surface area (Å²) in [6.07, 6.45) is 1.03. The van der Waals surface area contributed by atoms with Gasteiger partial charge in [0.05, 0.1) is 17.0 Å². The van der Waals surface area contributed by atoms with E-state index in [1.807, 2.05) is 30.6 Å². The average Bonchev–Trinajstić information content (AvgIpc) is 3.29. The summed E-state index contributed by atoms with van der Waals surface area (Å²) in [6.45, 7) is 0.689. The van der Waals surface area contributed by atoms with E-state index in [-0.39, 0.29) is 12.0 Å². The lowest BCUT2D eigenvalue weighted by Gasteiger charge is -2.24. The number of benzene rings is 2. The first-order valence-electron chi connectivity index (χ1n) is 10.3. The lowest BCUT2D eigenvalue weighted by atomic mass is 9.92. The van der Waals surface area contributed by atoms with Gasteiger partial charge in [0.2, 0.25) is 0 Å².